The van der Waals surface area contributed by atoms with Crippen molar-refractivity contribution in [3.8, 4) is 11.9 Å². The highest BCUT2D eigenvalue weighted by Crippen LogP contribution is 2.57. The summed E-state index contributed by atoms with van der Waals surface area (Å²) < 4.78 is 12.1. The van der Waals surface area contributed by atoms with Gasteiger partial charge in [-0.2, -0.15) is 5.26 Å². The van der Waals surface area contributed by atoms with E-state index in [1.807, 2.05) is 24.3 Å². The number of carbonyl (C=O) groups excluding carboxylic acids is 2. The summed E-state index contributed by atoms with van der Waals surface area (Å²) in [6.07, 6.45) is 5.67. The largest absolute Gasteiger partial charge is 0.468 e. The molecule has 1 aliphatic rings. The van der Waals surface area contributed by atoms with E-state index in [2.05, 4.69) is 9.97 Å². The first kappa shape index (κ1) is 20.5. The average molecular weight is 396 g/mol. The molecule has 1 aliphatic carbocycles. The Labute approximate surface area is 169 Å². The molecule has 1 fully saturated rings. The van der Waals surface area contributed by atoms with Crippen LogP contribution < -0.4 is 0 Å². The predicted molar refractivity (Wildman–Crippen MR) is 103 cm³/mol. The summed E-state index contributed by atoms with van der Waals surface area (Å²) in [6, 6.07) is 7.51. The zero-order chi connectivity index (χ0) is 21.2. The topological polar surface area (TPSA) is 107 Å². The van der Waals surface area contributed by atoms with Gasteiger partial charge in [0.05, 0.1) is 18.9 Å². The minimum absolute atomic E-state index is 0.205. The second-order valence-corrected chi connectivity index (χ2v) is 8.17. The third-order valence-electron chi connectivity index (χ3n) is 4.98. The molecule has 29 heavy (non-hydrogen) atoms. The predicted octanol–water partition coefficient (Wildman–Crippen LogP) is 2.57. The second-order valence-electron chi connectivity index (χ2n) is 8.17. The molecule has 0 amide bonds. The summed E-state index contributed by atoms with van der Waals surface area (Å²) in [5, 5.41) is 9.46. The number of methoxy groups -OCH3 is 1. The summed E-state index contributed by atoms with van der Waals surface area (Å²) in [7, 11) is 1.32. The third kappa shape index (κ3) is 4.14. The number of pyridine rings is 1. The number of ether oxygens (including phenoxy) is 2. The van der Waals surface area contributed by atoms with Crippen molar-refractivity contribution in [2.75, 3.05) is 7.11 Å². The van der Waals surface area contributed by atoms with E-state index in [9.17, 15) is 14.9 Å². The van der Waals surface area contributed by atoms with Crippen molar-refractivity contribution in [1.82, 2.24) is 14.5 Å². The van der Waals surface area contributed by atoms with Crippen LogP contribution in [0.4, 0.5) is 0 Å². The Kier molecular flexibility index (Phi) is 5.42. The fourth-order valence-electron chi connectivity index (χ4n) is 3.51. The van der Waals surface area contributed by atoms with Crippen molar-refractivity contribution in [3.63, 3.8) is 0 Å². The van der Waals surface area contributed by atoms with Crippen molar-refractivity contribution >= 4 is 11.9 Å². The molecule has 0 aliphatic heterocycles. The number of nitrogens with zero attached hydrogens (tertiary/aromatic N) is 4. The molecule has 1 saturated carbocycles. The molecule has 2 heterocycles. The highest BCUT2D eigenvalue weighted by molar-refractivity contribution is 5.87. The first-order chi connectivity index (χ1) is 13.7. The minimum atomic E-state index is -0.966. The van der Waals surface area contributed by atoms with Gasteiger partial charge >= 0.3 is 11.9 Å². The fourth-order valence-corrected chi connectivity index (χ4v) is 3.51. The van der Waals surface area contributed by atoms with Gasteiger partial charge in [-0.3, -0.25) is 14.2 Å². The van der Waals surface area contributed by atoms with Gasteiger partial charge in [-0.25, -0.2) is 9.97 Å². The lowest BCUT2D eigenvalue weighted by molar-refractivity contribution is -0.158. The molecule has 8 heteroatoms. The summed E-state index contributed by atoms with van der Waals surface area (Å²) in [6.45, 7) is 5.25. The molecule has 0 radical (unpaired) electrons. The smallest absolute Gasteiger partial charge is 0.323 e. The first-order valence-corrected chi connectivity index (χ1v) is 9.38. The number of rotatable bonds is 6. The van der Waals surface area contributed by atoms with Crippen molar-refractivity contribution in [1.29, 1.82) is 5.26 Å². The second kappa shape index (κ2) is 7.66. The maximum Gasteiger partial charge on any atom is 0.323 e. The molecule has 0 N–H and O–H groups in total. The molecule has 2 aromatic rings. The lowest BCUT2D eigenvalue weighted by Gasteiger charge is -2.21. The van der Waals surface area contributed by atoms with E-state index in [1.54, 1.807) is 44.1 Å². The molecule has 0 aromatic carbocycles. The summed E-state index contributed by atoms with van der Waals surface area (Å²) in [5.41, 5.74) is -1.11. The third-order valence-corrected chi connectivity index (χ3v) is 4.98. The monoisotopic (exact) mass is 396 g/mol. The van der Waals surface area contributed by atoms with E-state index >= 15 is 0 Å². The molecule has 0 spiro atoms. The Morgan fingerprint density at radius 1 is 1.38 bits per heavy atom. The Morgan fingerprint density at radius 2 is 2.14 bits per heavy atom. The van der Waals surface area contributed by atoms with Crippen LogP contribution in [0.5, 0.6) is 0 Å². The van der Waals surface area contributed by atoms with Gasteiger partial charge in [0, 0.05) is 12.4 Å². The number of esters is 2. The zero-order valence-corrected chi connectivity index (χ0v) is 17.0. The molecule has 2 aromatic heterocycles. The van der Waals surface area contributed by atoms with Crippen LogP contribution in [0.3, 0.4) is 0 Å². The van der Waals surface area contributed by atoms with Gasteiger partial charge in [0.15, 0.2) is 0 Å². The molecule has 0 bridgehead atoms. The zero-order valence-electron chi connectivity index (χ0n) is 17.0. The lowest BCUT2D eigenvalue weighted by atomic mass is 9.94. The normalized spacial score (nSPS) is 21.7. The molecular weight excluding hydrogens is 372 g/mol. The summed E-state index contributed by atoms with van der Waals surface area (Å²) >= 11 is 0. The van der Waals surface area contributed by atoms with Crippen LogP contribution in [-0.2, 0) is 24.5 Å². The van der Waals surface area contributed by atoms with Gasteiger partial charge < -0.3 is 9.47 Å². The van der Waals surface area contributed by atoms with Crippen LogP contribution in [0.1, 0.15) is 39.3 Å². The van der Waals surface area contributed by atoms with Gasteiger partial charge in [0.25, 0.3) is 0 Å². The molecule has 152 valence electrons. The average Bonchev–Trinajstić information content (AvgIpc) is 3.18. The number of carbonyl (C=O) groups is 2. The number of hydrogen-bond acceptors (Lipinski definition) is 7. The quantitative estimate of drug-likeness (QED) is 0.691. The first-order valence-electron chi connectivity index (χ1n) is 9.38. The standard InChI is InChI=1S/C21H24N4O4/c1-20(2,3)29-18(26)14(11-22)9-15-10-21(15,19(27)28-4)16-12-25(13-24-16)17-7-5-6-8-23-17/h5-8,12-15H,9-10H2,1-4H3/t14?,15-,21+/m0/s1. The van der Waals surface area contributed by atoms with Crippen LogP contribution in [-0.4, -0.2) is 39.2 Å². The van der Waals surface area contributed by atoms with Gasteiger partial charge in [-0.1, -0.05) is 6.07 Å². The Hall–Kier alpha value is -3.21. The van der Waals surface area contributed by atoms with Crippen LogP contribution in [0.2, 0.25) is 0 Å². The molecule has 3 atom stereocenters. The molecule has 1 unspecified atom stereocenters. The number of imidazole rings is 1. The molecular formula is C21H24N4O4. The van der Waals surface area contributed by atoms with E-state index in [4.69, 9.17) is 9.47 Å². The number of aromatic nitrogens is 3. The lowest BCUT2D eigenvalue weighted by Crippen LogP contribution is -2.30. The van der Waals surface area contributed by atoms with E-state index in [0.29, 0.717) is 17.9 Å². The van der Waals surface area contributed by atoms with Gasteiger partial charge in [-0.15, -0.1) is 0 Å². The van der Waals surface area contributed by atoms with Gasteiger partial charge in [0.2, 0.25) is 0 Å². The van der Waals surface area contributed by atoms with E-state index in [-0.39, 0.29) is 12.3 Å². The fraction of sp³-hybridized carbons (Fsp3) is 0.476. The maximum atomic E-state index is 12.6. The van der Waals surface area contributed by atoms with Crippen molar-refractivity contribution < 1.29 is 19.1 Å². The van der Waals surface area contributed by atoms with Gasteiger partial charge in [-0.05, 0) is 51.7 Å². The minimum Gasteiger partial charge on any atom is -0.468 e. The van der Waals surface area contributed by atoms with Crippen molar-refractivity contribution in [2.45, 2.75) is 44.6 Å². The number of nitriles is 1. The molecule has 0 saturated heterocycles. The van der Waals surface area contributed by atoms with Crippen LogP contribution >= 0.6 is 0 Å². The highest BCUT2D eigenvalue weighted by Gasteiger charge is 2.64. The van der Waals surface area contributed by atoms with Crippen molar-refractivity contribution in [3.05, 3.63) is 42.6 Å². The van der Waals surface area contributed by atoms with Crippen molar-refractivity contribution in [2.24, 2.45) is 11.8 Å². The number of hydrogen-bond donors (Lipinski definition) is 0. The maximum absolute atomic E-state index is 12.6. The Bertz CT molecular complexity index is 942. The summed E-state index contributed by atoms with van der Waals surface area (Å²) in [4.78, 5) is 33.7. The van der Waals surface area contributed by atoms with E-state index < -0.39 is 28.9 Å². The van der Waals surface area contributed by atoms with Crippen LogP contribution in [0, 0.1) is 23.2 Å². The SMILES string of the molecule is COC(=O)[C@]1(c2cn(-c3ccccn3)cn2)C[C@@H]1CC(C#N)C(=O)OC(C)(C)C. The van der Waals surface area contributed by atoms with Crippen LogP contribution in [0.15, 0.2) is 36.9 Å². The molecule has 3 rings (SSSR count). The Balaban J connectivity index is 1.82. The van der Waals surface area contributed by atoms with Gasteiger partial charge in [0.1, 0.15) is 29.1 Å². The highest BCUT2D eigenvalue weighted by atomic mass is 16.6. The summed E-state index contributed by atoms with van der Waals surface area (Å²) in [5.74, 6) is -1.52. The van der Waals surface area contributed by atoms with E-state index in [1.165, 1.54) is 7.11 Å². The van der Waals surface area contributed by atoms with Crippen LogP contribution in [0.25, 0.3) is 5.82 Å². The molecule has 8 nitrogen and oxygen atoms in total. The van der Waals surface area contributed by atoms with E-state index in [0.717, 1.165) is 0 Å². The Morgan fingerprint density at radius 3 is 2.72 bits per heavy atom.